The largest absolute Gasteiger partial charge is 0.495 e. The zero-order valence-electron chi connectivity index (χ0n) is 13.6. The lowest BCUT2D eigenvalue weighted by Gasteiger charge is -2.11. The number of para-hydroxylation sites is 1. The van der Waals surface area contributed by atoms with Crippen molar-refractivity contribution in [3.63, 3.8) is 0 Å². The van der Waals surface area contributed by atoms with Gasteiger partial charge in [-0.1, -0.05) is 18.2 Å². The minimum atomic E-state index is -0.946. The van der Waals surface area contributed by atoms with Gasteiger partial charge in [0.2, 0.25) is 0 Å². The van der Waals surface area contributed by atoms with E-state index in [9.17, 15) is 19.7 Å². The predicted octanol–water partition coefficient (Wildman–Crippen LogP) is 2.71. The highest BCUT2D eigenvalue weighted by atomic mass is 16.6. The van der Waals surface area contributed by atoms with Crippen molar-refractivity contribution in [1.82, 2.24) is 0 Å². The van der Waals surface area contributed by atoms with Gasteiger partial charge in [0.1, 0.15) is 11.3 Å². The Bertz CT molecular complexity index is 819. The zero-order chi connectivity index (χ0) is 18.4. The van der Waals surface area contributed by atoms with Gasteiger partial charge < -0.3 is 14.8 Å². The van der Waals surface area contributed by atoms with Gasteiger partial charge >= 0.3 is 5.97 Å². The summed E-state index contributed by atoms with van der Waals surface area (Å²) in [6, 6.07) is 10.6. The smallest absolute Gasteiger partial charge is 0.345 e. The second-order valence-electron chi connectivity index (χ2n) is 5.10. The summed E-state index contributed by atoms with van der Waals surface area (Å²) >= 11 is 0. The number of methoxy groups -OCH3 is 1. The van der Waals surface area contributed by atoms with Crippen molar-refractivity contribution in [1.29, 1.82) is 0 Å². The van der Waals surface area contributed by atoms with Crippen molar-refractivity contribution in [2.75, 3.05) is 19.0 Å². The van der Waals surface area contributed by atoms with Gasteiger partial charge in [-0.3, -0.25) is 14.9 Å². The number of carbonyl (C=O) groups is 2. The first kappa shape index (κ1) is 17.9. The van der Waals surface area contributed by atoms with Gasteiger partial charge in [-0.25, -0.2) is 4.79 Å². The number of nitrogens with one attached hydrogen (secondary N) is 1. The number of esters is 1. The zero-order valence-corrected chi connectivity index (χ0v) is 13.6. The minimum Gasteiger partial charge on any atom is -0.495 e. The first-order chi connectivity index (χ1) is 11.9. The summed E-state index contributed by atoms with van der Waals surface area (Å²) in [6.45, 7) is 1.27. The molecule has 2 aromatic rings. The molecule has 1 N–H and O–H groups in total. The fraction of sp³-hybridized carbons (Fsp3) is 0.176. The van der Waals surface area contributed by atoms with Gasteiger partial charge in [-0.2, -0.15) is 0 Å². The molecule has 0 atom stereocenters. The molecule has 0 radical (unpaired) electrons. The molecule has 0 aliphatic carbocycles. The second kappa shape index (κ2) is 7.91. The molecule has 2 rings (SSSR count). The molecule has 0 aliphatic rings. The van der Waals surface area contributed by atoms with Crippen LogP contribution in [0, 0.1) is 17.0 Å². The van der Waals surface area contributed by atoms with E-state index in [0.717, 1.165) is 5.56 Å². The number of ether oxygens (including phenoxy) is 2. The van der Waals surface area contributed by atoms with Gasteiger partial charge in [0, 0.05) is 6.07 Å². The minimum absolute atomic E-state index is 0.214. The first-order valence-electron chi connectivity index (χ1n) is 7.27. The number of nitrogens with zero attached hydrogens (tertiary/aromatic N) is 1. The van der Waals surface area contributed by atoms with E-state index < -0.39 is 23.4 Å². The van der Waals surface area contributed by atoms with Gasteiger partial charge in [0.25, 0.3) is 11.6 Å². The first-order valence-corrected chi connectivity index (χ1v) is 7.27. The third kappa shape index (κ3) is 4.54. The molecule has 0 saturated heterocycles. The molecule has 0 bridgehead atoms. The lowest BCUT2D eigenvalue weighted by atomic mass is 10.2. The van der Waals surface area contributed by atoms with Crippen molar-refractivity contribution >= 4 is 23.3 Å². The van der Waals surface area contributed by atoms with Crippen LogP contribution in [0.2, 0.25) is 0 Å². The van der Waals surface area contributed by atoms with E-state index in [2.05, 4.69) is 5.32 Å². The Labute approximate surface area is 143 Å². The molecule has 0 aliphatic heterocycles. The van der Waals surface area contributed by atoms with Crippen LogP contribution < -0.4 is 10.1 Å². The molecule has 0 fully saturated rings. The number of aryl methyl sites for hydroxylation is 1. The predicted molar refractivity (Wildman–Crippen MR) is 89.7 cm³/mol. The van der Waals surface area contributed by atoms with E-state index in [4.69, 9.17) is 9.47 Å². The molecule has 25 heavy (non-hydrogen) atoms. The molecule has 0 heterocycles. The Morgan fingerprint density at radius 2 is 1.92 bits per heavy atom. The van der Waals surface area contributed by atoms with E-state index in [1.807, 2.05) is 13.0 Å². The highest BCUT2D eigenvalue weighted by Crippen LogP contribution is 2.25. The maximum atomic E-state index is 12.0. The number of nitro benzene ring substituents is 1. The number of benzene rings is 2. The topological polar surface area (TPSA) is 108 Å². The number of hydrogen-bond donors (Lipinski definition) is 1. The highest BCUT2D eigenvalue weighted by molar-refractivity contribution is 5.98. The lowest BCUT2D eigenvalue weighted by Crippen LogP contribution is -2.21. The van der Waals surface area contributed by atoms with Gasteiger partial charge in [0.15, 0.2) is 6.61 Å². The van der Waals surface area contributed by atoms with E-state index in [0.29, 0.717) is 11.4 Å². The van der Waals surface area contributed by atoms with E-state index in [1.54, 1.807) is 12.1 Å². The summed E-state index contributed by atoms with van der Waals surface area (Å²) in [7, 11) is 1.47. The molecular formula is C17H16N2O6. The Hall–Kier alpha value is -3.42. The molecule has 130 valence electrons. The van der Waals surface area contributed by atoms with Gasteiger partial charge in [0.05, 0.1) is 17.7 Å². The molecular weight excluding hydrogens is 328 g/mol. The normalized spacial score (nSPS) is 10.0. The third-order valence-electron chi connectivity index (χ3n) is 3.28. The molecule has 2 aromatic carbocycles. The van der Waals surface area contributed by atoms with Crippen molar-refractivity contribution < 1.29 is 24.0 Å². The van der Waals surface area contributed by atoms with Crippen LogP contribution in [0.4, 0.5) is 11.4 Å². The SMILES string of the molecule is COc1ccc(C)cc1NC(=O)COC(=O)c1ccccc1[N+](=O)[O-]. The van der Waals surface area contributed by atoms with Crippen LogP contribution in [0.3, 0.4) is 0 Å². The van der Waals surface area contributed by atoms with Crippen LogP contribution in [0.15, 0.2) is 42.5 Å². The van der Waals surface area contributed by atoms with Crippen molar-refractivity contribution in [3.8, 4) is 5.75 Å². The number of amides is 1. The molecule has 8 heteroatoms. The summed E-state index contributed by atoms with van der Waals surface area (Å²) in [5.74, 6) is -1.07. The maximum absolute atomic E-state index is 12.0. The van der Waals surface area contributed by atoms with Gasteiger partial charge in [-0.15, -0.1) is 0 Å². The number of nitro groups is 1. The standard InChI is InChI=1S/C17H16N2O6/c1-11-7-8-15(24-2)13(9-11)18-16(20)10-25-17(21)12-5-3-4-6-14(12)19(22)23/h3-9H,10H2,1-2H3,(H,18,20). The Morgan fingerprint density at radius 3 is 2.60 bits per heavy atom. The summed E-state index contributed by atoms with van der Waals surface area (Å²) in [6.07, 6.45) is 0. The summed E-state index contributed by atoms with van der Waals surface area (Å²) in [4.78, 5) is 34.2. The van der Waals surface area contributed by atoms with Crippen LogP contribution in [-0.4, -0.2) is 30.5 Å². The Kier molecular flexibility index (Phi) is 5.67. The van der Waals surface area contributed by atoms with Crippen LogP contribution in [-0.2, 0) is 9.53 Å². The fourth-order valence-electron chi connectivity index (χ4n) is 2.12. The number of hydrogen-bond acceptors (Lipinski definition) is 6. The van der Waals surface area contributed by atoms with Crippen molar-refractivity contribution in [2.45, 2.75) is 6.92 Å². The van der Waals surface area contributed by atoms with Crippen LogP contribution in [0.25, 0.3) is 0 Å². The van der Waals surface area contributed by atoms with E-state index in [1.165, 1.54) is 31.4 Å². The number of rotatable bonds is 6. The average Bonchev–Trinajstić information content (AvgIpc) is 2.60. The van der Waals surface area contributed by atoms with Crippen LogP contribution in [0.1, 0.15) is 15.9 Å². The Balaban J connectivity index is 2.02. The quantitative estimate of drug-likeness (QED) is 0.490. The van der Waals surface area contributed by atoms with E-state index in [-0.39, 0.29) is 11.3 Å². The summed E-state index contributed by atoms with van der Waals surface area (Å²) in [5.41, 5.74) is 0.754. The molecule has 8 nitrogen and oxygen atoms in total. The summed E-state index contributed by atoms with van der Waals surface area (Å²) < 4.78 is 10.0. The molecule has 0 unspecified atom stereocenters. The van der Waals surface area contributed by atoms with Gasteiger partial charge in [-0.05, 0) is 30.7 Å². The molecule has 0 saturated carbocycles. The average molecular weight is 344 g/mol. The molecule has 0 spiro atoms. The highest BCUT2D eigenvalue weighted by Gasteiger charge is 2.21. The van der Waals surface area contributed by atoms with Crippen molar-refractivity contribution in [3.05, 3.63) is 63.7 Å². The molecule has 1 amide bonds. The van der Waals surface area contributed by atoms with E-state index >= 15 is 0 Å². The second-order valence-corrected chi connectivity index (χ2v) is 5.10. The number of carbonyl (C=O) groups excluding carboxylic acids is 2. The maximum Gasteiger partial charge on any atom is 0.345 e. The molecule has 0 aromatic heterocycles. The third-order valence-corrected chi connectivity index (χ3v) is 3.28. The van der Waals surface area contributed by atoms with Crippen LogP contribution in [0.5, 0.6) is 5.75 Å². The Morgan fingerprint density at radius 1 is 1.20 bits per heavy atom. The summed E-state index contributed by atoms with van der Waals surface area (Å²) in [5, 5.41) is 13.5. The van der Waals surface area contributed by atoms with Crippen molar-refractivity contribution in [2.24, 2.45) is 0 Å². The number of anilines is 1. The fourth-order valence-corrected chi connectivity index (χ4v) is 2.12. The monoisotopic (exact) mass is 344 g/mol. The van der Waals surface area contributed by atoms with Crippen LogP contribution >= 0.6 is 0 Å². The lowest BCUT2D eigenvalue weighted by molar-refractivity contribution is -0.385.